The topological polar surface area (TPSA) is 139 Å². The molecule has 1 unspecified atom stereocenters. The van der Waals surface area contributed by atoms with Gasteiger partial charge in [-0.1, -0.05) is 40.5 Å². The minimum Gasteiger partial charge on any atom is -0.465 e. The monoisotopic (exact) mass is 536 g/mol. The molecular weight excluding hydrogens is 488 g/mol. The van der Waals surface area contributed by atoms with Gasteiger partial charge in [-0.25, -0.2) is 4.79 Å². The molecule has 10 heteroatoms. The average molecular weight is 537 g/mol. The lowest BCUT2D eigenvalue weighted by molar-refractivity contribution is -0.169. The first-order valence-corrected chi connectivity index (χ1v) is 14.1. The fourth-order valence-corrected chi connectivity index (χ4v) is 6.71. The zero-order valence-corrected chi connectivity index (χ0v) is 24.1. The molecule has 0 spiro atoms. The lowest BCUT2D eigenvalue weighted by atomic mass is 9.76. The molecule has 0 radical (unpaired) electrons. The standard InChI is InChI=1S/C28H48N4O6/c1-8-10-20(22(34)24(36)29-18-13-14-18)30-23(35)21-19-12-9-11-17(19)15-31(21)28(16-33,26(2,3)4)32(25(37)38)27(5,6)7/h16-22,34H,8-15H2,1-7H3,(H,29,36)(H,30,35)(H,37,38)/t17-,19-,20-,21?,22-,28+/m0/s1. The van der Waals surface area contributed by atoms with Crippen LogP contribution in [0.1, 0.15) is 93.4 Å². The van der Waals surface area contributed by atoms with Gasteiger partial charge in [0, 0.05) is 23.5 Å². The molecule has 10 nitrogen and oxygen atoms in total. The molecule has 3 amide bonds. The van der Waals surface area contributed by atoms with Crippen LogP contribution in [0.2, 0.25) is 0 Å². The third-order valence-electron chi connectivity index (χ3n) is 8.57. The van der Waals surface area contributed by atoms with Crippen molar-refractivity contribution in [1.82, 2.24) is 20.4 Å². The summed E-state index contributed by atoms with van der Waals surface area (Å²) in [4.78, 5) is 55.7. The van der Waals surface area contributed by atoms with Gasteiger partial charge in [0.1, 0.15) is 0 Å². The number of rotatable bonds is 10. The van der Waals surface area contributed by atoms with E-state index in [4.69, 9.17) is 0 Å². The average Bonchev–Trinajstić information content (AvgIpc) is 3.35. The maximum Gasteiger partial charge on any atom is 0.409 e. The summed E-state index contributed by atoms with van der Waals surface area (Å²) in [5, 5.41) is 27.0. The van der Waals surface area contributed by atoms with Gasteiger partial charge in [-0.05, 0) is 64.7 Å². The summed E-state index contributed by atoms with van der Waals surface area (Å²) in [6, 6.07) is -1.47. The van der Waals surface area contributed by atoms with Gasteiger partial charge in [-0.2, -0.15) is 0 Å². The minimum absolute atomic E-state index is 0.0491. The molecule has 1 aliphatic heterocycles. The zero-order valence-electron chi connectivity index (χ0n) is 24.1. The molecule has 3 fully saturated rings. The summed E-state index contributed by atoms with van der Waals surface area (Å²) in [7, 11) is 0. The van der Waals surface area contributed by atoms with Crippen LogP contribution < -0.4 is 10.6 Å². The highest BCUT2D eigenvalue weighted by Crippen LogP contribution is 2.50. The second-order valence-electron chi connectivity index (χ2n) is 13.5. The van der Waals surface area contributed by atoms with E-state index in [9.17, 15) is 29.4 Å². The summed E-state index contributed by atoms with van der Waals surface area (Å²) in [5.41, 5.74) is -3.42. The number of carbonyl (C=O) groups is 4. The smallest absolute Gasteiger partial charge is 0.409 e. The van der Waals surface area contributed by atoms with E-state index in [1.54, 1.807) is 20.8 Å². The van der Waals surface area contributed by atoms with Crippen molar-refractivity contribution in [2.24, 2.45) is 17.3 Å². The largest absolute Gasteiger partial charge is 0.465 e. The van der Waals surface area contributed by atoms with Crippen LogP contribution in [0.3, 0.4) is 0 Å². The fourth-order valence-electron chi connectivity index (χ4n) is 6.71. The molecule has 3 rings (SSSR count). The van der Waals surface area contributed by atoms with Gasteiger partial charge in [0.05, 0.1) is 12.1 Å². The summed E-state index contributed by atoms with van der Waals surface area (Å²) < 4.78 is 0. The molecular formula is C28H48N4O6. The van der Waals surface area contributed by atoms with Crippen molar-refractivity contribution < 1.29 is 29.4 Å². The van der Waals surface area contributed by atoms with E-state index in [0.717, 1.165) is 32.1 Å². The second kappa shape index (κ2) is 11.1. The molecule has 2 aliphatic carbocycles. The van der Waals surface area contributed by atoms with Crippen LogP contribution in [0.5, 0.6) is 0 Å². The van der Waals surface area contributed by atoms with Crippen molar-refractivity contribution in [3.63, 3.8) is 0 Å². The lowest BCUT2D eigenvalue weighted by Crippen LogP contribution is -2.75. The van der Waals surface area contributed by atoms with Crippen molar-refractivity contribution in [3.8, 4) is 0 Å². The third-order valence-corrected chi connectivity index (χ3v) is 8.57. The molecule has 4 N–H and O–H groups in total. The Hall–Kier alpha value is -2.20. The number of aliphatic hydroxyl groups excluding tert-OH is 1. The third kappa shape index (κ3) is 5.71. The van der Waals surface area contributed by atoms with E-state index in [-0.39, 0.29) is 23.8 Å². The Morgan fingerprint density at radius 3 is 2.18 bits per heavy atom. The van der Waals surface area contributed by atoms with Crippen molar-refractivity contribution in [3.05, 3.63) is 0 Å². The molecule has 0 aromatic carbocycles. The predicted octanol–water partition coefficient (Wildman–Crippen LogP) is 2.73. The quantitative estimate of drug-likeness (QED) is 0.315. The normalized spacial score (nSPS) is 27.1. The van der Waals surface area contributed by atoms with Gasteiger partial charge in [0.25, 0.3) is 5.91 Å². The van der Waals surface area contributed by atoms with E-state index in [0.29, 0.717) is 25.7 Å². The highest BCUT2D eigenvalue weighted by atomic mass is 16.4. The molecule has 0 aromatic rings. The van der Waals surface area contributed by atoms with E-state index in [1.807, 2.05) is 32.6 Å². The number of amides is 3. The van der Waals surface area contributed by atoms with Crippen molar-refractivity contribution in [2.75, 3.05) is 6.54 Å². The zero-order chi connectivity index (χ0) is 28.6. The Morgan fingerprint density at radius 1 is 1.08 bits per heavy atom. The molecule has 38 heavy (non-hydrogen) atoms. The van der Waals surface area contributed by atoms with Crippen LogP contribution in [-0.4, -0.2) is 86.2 Å². The maximum atomic E-state index is 14.1. The molecule has 3 aliphatic rings. The van der Waals surface area contributed by atoms with Crippen LogP contribution in [0.4, 0.5) is 4.79 Å². The van der Waals surface area contributed by atoms with Crippen molar-refractivity contribution in [1.29, 1.82) is 0 Å². The molecule has 0 bridgehead atoms. The number of nitrogens with zero attached hydrogens (tertiary/aromatic N) is 2. The summed E-state index contributed by atoms with van der Waals surface area (Å²) in [6.07, 6.45) is 3.57. The van der Waals surface area contributed by atoms with Crippen molar-refractivity contribution >= 4 is 24.2 Å². The van der Waals surface area contributed by atoms with Gasteiger partial charge in [-0.15, -0.1) is 0 Å². The van der Waals surface area contributed by atoms with Crippen molar-refractivity contribution in [2.45, 2.75) is 129 Å². The number of hydrogen-bond acceptors (Lipinski definition) is 6. The minimum atomic E-state index is -1.62. The van der Waals surface area contributed by atoms with E-state index >= 15 is 0 Å². The number of hydrogen-bond donors (Lipinski definition) is 4. The second-order valence-corrected chi connectivity index (χ2v) is 13.5. The first kappa shape index (κ1) is 30.3. The summed E-state index contributed by atoms with van der Waals surface area (Å²) >= 11 is 0. The SMILES string of the molecule is CCC[C@H](NC(=O)C1[C@H]2CCC[C@H]2CN1[C@](C=O)(N(C(=O)O)C(C)(C)C)C(C)(C)C)[C@H](O)C(=O)NC1CC1. The number of aldehydes is 1. The first-order chi connectivity index (χ1) is 17.6. The molecule has 216 valence electrons. The maximum absolute atomic E-state index is 14.1. The highest BCUT2D eigenvalue weighted by molar-refractivity contribution is 5.87. The summed E-state index contributed by atoms with van der Waals surface area (Å²) in [6.45, 7) is 13.1. The van der Waals surface area contributed by atoms with Gasteiger partial charge >= 0.3 is 6.09 Å². The Balaban J connectivity index is 2.02. The van der Waals surface area contributed by atoms with Gasteiger partial charge < -0.3 is 20.8 Å². The van der Waals surface area contributed by atoms with Gasteiger partial charge in [-0.3, -0.25) is 24.2 Å². The number of carbonyl (C=O) groups excluding carboxylic acids is 3. The van der Waals surface area contributed by atoms with E-state index in [2.05, 4.69) is 10.6 Å². The van der Waals surface area contributed by atoms with Crippen LogP contribution in [-0.2, 0) is 14.4 Å². The lowest BCUT2D eigenvalue weighted by Gasteiger charge is -2.57. The van der Waals surface area contributed by atoms with Crippen LogP contribution >= 0.6 is 0 Å². The number of likely N-dealkylation sites (tertiary alicyclic amines) is 1. The molecule has 1 saturated heterocycles. The molecule has 2 saturated carbocycles. The molecule has 1 heterocycles. The summed E-state index contributed by atoms with van der Waals surface area (Å²) in [5.74, 6) is -0.761. The van der Waals surface area contributed by atoms with E-state index in [1.165, 1.54) is 4.90 Å². The van der Waals surface area contributed by atoms with E-state index < -0.39 is 46.8 Å². The van der Waals surface area contributed by atoms with Crippen LogP contribution in [0.15, 0.2) is 0 Å². The van der Waals surface area contributed by atoms with Gasteiger partial charge in [0.15, 0.2) is 18.1 Å². The number of aliphatic hydroxyl groups is 1. The highest BCUT2D eigenvalue weighted by Gasteiger charge is 2.63. The van der Waals surface area contributed by atoms with Crippen LogP contribution in [0, 0.1) is 17.3 Å². The number of nitrogens with one attached hydrogen (secondary N) is 2. The number of carboxylic acid groups (broad SMARTS) is 1. The molecule has 0 aromatic heterocycles. The fraction of sp³-hybridized carbons (Fsp3) is 0.857. The predicted molar refractivity (Wildman–Crippen MR) is 143 cm³/mol. The Kier molecular flexibility index (Phi) is 8.88. The Bertz CT molecular complexity index is 908. The Labute approximate surface area is 226 Å². The van der Waals surface area contributed by atoms with Gasteiger partial charge in [0.2, 0.25) is 5.91 Å². The first-order valence-electron chi connectivity index (χ1n) is 14.1. The molecule has 6 atom stereocenters. The number of fused-ring (bicyclic) bond motifs is 1. The Morgan fingerprint density at radius 2 is 1.71 bits per heavy atom. The van der Waals surface area contributed by atoms with Crippen LogP contribution in [0.25, 0.3) is 0 Å².